The van der Waals surface area contributed by atoms with Crippen LogP contribution in [0.25, 0.3) is 22.1 Å². The van der Waals surface area contributed by atoms with E-state index in [0.29, 0.717) is 60.9 Å². The van der Waals surface area contributed by atoms with Gasteiger partial charge in [-0.3, -0.25) is 0 Å². The van der Waals surface area contributed by atoms with E-state index in [4.69, 9.17) is 23.9 Å². The van der Waals surface area contributed by atoms with E-state index in [-0.39, 0.29) is 6.79 Å². The Morgan fingerprint density at radius 1 is 0.829 bits per heavy atom. The molecule has 5 aromatic rings. The highest BCUT2D eigenvalue weighted by Gasteiger charge is 2.14. The molecule has 0 saturated heterocycles. The summed E-state index contributed by atoms with van der Waals surface area (Å²) in [7, 11) is 0. The highest BCUT2D eigenvalue weighted by Crippen LogP contribution is 2.33. The summed E-state index contributed by atoms with van der Waals surface area (Å²) in [6.07, 6.45) is 3.51. The van der Waals surface area contributed by atoms with E-state index >= 15 is 0 Å². The van der Waals surface area contributed by atoms with Gasteiger partial charge in [-0.05, 0) is 30.3 Å². The van der Waals surface area contributed by atoms with Crippen molar-refractivity contribution < 1.29 is 18.9 Å². The van der Waals surface area contributed by atoms with Crippen molar-refractivity contribution in [2.24, 2.45) is 0 Å². The second-order valence-corrected chi connectivity index (χ2v) is 7.78. The third-order valence-electron chi connectivity index (χ3n) is 5.47. The Kier molecular flexibility index (Phi) is 5.75. The van der Waals surface area contributed by atoms with Crippen LogP contribution in [0.15, 0.2) is 55.0 Å². The third kappa shape index (κ3) is 4.54. The van der Waals surface area contributed by atoms with E-state index < -0.39 is 0 Å². The molecule has 2 aromatic carbocycles. The maximum Gasteiger partial charge on any atom is 0.231 e. The van der Waals surface area contributed by atoms with Gasteiger partial charge in [0.05, 0.1) is 19.5 Å². The van der Waals surface area contributed by atoms with Crippen LogP contribution < -0.4 is 20.1 Å². The molecule has 3 aromatic heterocycles. The molecule has 0 fully saturated rings. The van der Waals surface area contributed by atoms with Gasteiger partial charge in [0, 0.05) is 34.5 Å². The summed E-state index contributed by atoms with van der Waals surface area (Å²) < 4.78 is 22.4. The van der Waals surface area contributed by atoms with Crippen molar-refractivity contribution in [3.8, 4) is 11.5 Å². The minimum Gasteiger partial charge on any atom is -0.487 e. The van der Waals surface area contributed by atoms with Crippen molar-refractivity contribution in [3.05, 3.63) is 55.0 Å². The van der Waals surface area contributed by atoms with Crippen molar-refractivity contribution in [1.29, 1.82) is 0 Å². The van der Waals surface area contributed by atoms with Crippen LogP contribution in [0.4, 0.5) is 23.1 Å². The monoisotopic (exact) mass is 473 g/mol. The lowest BCUT2D eigenvalue weighted by Crippen LogP contribution is -2.10. The van der Waals surface area contributed by atoms with Crippen LogP contribution in [0.5, 0.6) is 11.5 Å². The number of anilines is 4. The van der Waals surface area contributed by atoms with Gasteiger partial charge in [0.15, 0.2) is 23.0 Å². The van der Waals surface area contributed by atoms with Gasteiger partial charge in [-0.25, -0.2) is 4.98 Å². The van der Waals surface area contributed by atoms with Crippen LogP contribution in [0.3, 0.4) is 0 Å². The molecule has 0 spiro atoms. The van der Waals surface area contributed by atoms with Crippen LogP contribution in [-0.4, -0.2) is 58.1 Å². The van der Waals surface area contributed by atoms with Gasteiger partial charge in [-0.2, -0.15) is 9.97 Å². The number of H-pyrrole nitrogens is 2. The van der Waals surface area contributed by atoms with Gasteiger partial charge in [0.1, 0.15) is 25.5 Å². The zero-order valence-electron chi connectivity index (χ0n) is 18.7. The zero-order chi connectivity index (χ0) is 23.5. The molecule has 11 nitrogen and oxygen atoms in total. The summed E-state index contributed by atoms with van der Waals surface area (Å²) in [5, 5.41) is 7.74. The lowest BCUT2D eigenvalue weighted by molar-refractivity contribution is -0.0637. The molecule has 0 aliphatic carbocycles. The van der Waals surface area contributed by atoms with Gasteiger partial charge < -0.3 is 39.5 Å². The minimum atomic E-state index is 0.220. The van der Waals surface area contributed by atoms with Crippen molar-refractivity contribution in [2.45, 2.75) is 0 Å². The first-order chi connectivity index (χ1) is 17.3. The first-order valence-corrected chi connectivity index (χ1v) is 11.2. The number of hydrogen-bond acceptors (Lipinski definition) is 9. The van der Waals surface area contributed by atoms with E-state index in [0.717, 1.165) is 22.3 Å². The lowest BCUT2D eigenvalue weighted by Gasteiger charge is -2.14. The van der Waals surface area contributed by atoms with Crippen molar-refractivity contribution in [3.63, 3.8) is 0 Å². The second-order valence-electron chi connectivity index (χ2n) is 7.78. The molecule has 0 atom stereocenters. The Morgan fingerprint density at radius 2 is 1.71 bits per heavy atom. The van der Waals surface area contributed by atoms with Crippen LogP contribution in [0.2, 0.25) is 0 Å². The molecule has 4 N–H and O–H groups in total. The van der Waals surface area contributed by atoms with Crippen molar-refractivity contribution in [1.82, 2.24) is 24.9 Å². The number of aromatic nitrogens is 5. The minimum absolute atomic E-state index is 0.220. The number of ether oxygens (including phenoxy) is 4. The molecule has 0 bridgehead atoms. The second kappa shape index (κ2) is 9.49. The molecule has 11 heteroatoms. The first kappa shape index (κ1) is 21.2. The first-order valence-electron chi connectivity index (χ1n) is 11.2. The third-order valence-corrected chi connectivity index (χ3v) is 5.47. The molecular weight excluding hydrogens is 450 g/mol. The quantitative estimate of drug-likeness (QED) is 0.305. The summed E-state index contributed by atoms with van der Waals surface area (Å²) in [4.78, 5) is 19.9. The Morgan fingerprint density at radius 3 is 2.63 bits per heavy atom. The smallest absolute Gasteiger partial charge is 0.231 e. The maximum absolute atomic E-state index is 5.87. The van der Waals surface area contributed by atoms with Crippen molar-refractivity contribution in [2.75, 3.05) is 43.9 Å². The summed E-state index contributed by atoms with van der Waals surface area (Å²) in [6, 6.07) is 13.6. The molecule has 6 rings (SSSR count). The Labute approximate surface area is 199 Å². The number of nitrogens with one attached hydrogen (secondary N) is 4. The number of nitrogens with zero attached hydrogens (tertiary/aromatic N) is 3. The van der Waals surface area contributed by atoms with Gasteiger partial charge >= 0.3 is 0 Å². The Hall–Kier alpha value is -4.35. The number of aromatic amines is 2. The fourth-order valence-electron chi connectivity index (χ4n) is 3.85. The molecule has 0 radical (unpaired) electrons. The van der Waals surface area contributed by atoms with Gasteiger partial charge in [0.2, 0.25) is 5.95 Å². The maximum atomic E-state index is 5.87. The fraction of sp³-hybridized carbons (Fsp3) is 0.208. The van der Waals surface area contributed by atoms with Gasteiger partial charge in [0.25, 0.3) is 0 Å². The summed E-state index contributed by atoms with van der Waals surface area (Å²) in [5.74, 6) is 2.23. The van der Waals surface area contributed by atoms with E-state index in [1.165, 1.54) is 0 Å². The predicted octanol–water partition coefficient (Wildman–Crippen LogP) is 4.08. The summed E-state index contributed by atoms with van der Waals surface area (Å²) in [6.45, 7) is 1.84. The van der Waals surface area contributed by atoms with E-state index in [2.05, 4.69) is 30.6 Å². The molecule has 0 saturated carbocycles. The Balaban J connectivity index is 1.30. The fourth-order valence-corrected chi connectivity index (χ4v) is 3.85. The molecule has 0 amide bonds. The SMILES string of the molecule is c1cc(Nc2nc(Nc3ccc4c(c3)OCCOCOCCO4)nc3nc[nH]c23)c2cc[nH]c2c1. The van der Waals surface area contributed by atoms with E-state index in [1.807, 2.05) is 48.7 Å². The topological polar surface area (TPSA) is 131 Å². The predicted molar refractivity (Wildman–Crippen MR) is 131 cm³/mol. The number of imidazole rings is 1. The van der Waals surface area contributed by atoms with Crippen LogP contribution in [0.1, 0.15) is 0 Å². The average molecular weight is 473 g/mol. The molecule has 35 heavy (non-hydrogen) atoms. The average Bonchev–Trinajstić information content (AvgIpc) is 3.53. The summed E-state index contributed by atoms with van der Waals surface area (Å²) >= 11 is 0. The highest BCUT2D eigenvalue weighted by atomic mass is 16.7. The molecule has 1 aliphatic rings. The standard InChI is InChI=1S/C24H23N7O4/c1-2-17-16(6-7-25-17)18(3-1)29-23-21-22(27-13-26-21)30-24(31-23)28-15-4-5-19-20(12-15)35-11-9-33-14-32-8-10-34-19/h1-7,12-13,25H,8-11,14H2,(H3,26,27,28,29,30,31). The lowest BCUT2D eigenvalue weighted by atomic mass is 10.2. The molecule has 1 aliphatic heterocycles. The number of fused-ring (bicyclic) bond motifs is 3. The Bertz CT molecular complexity index is 1470. The number of rotatable bonds is 4. The number of benzene rings is 2. The largest absolute Gasteiger partial charge is 0.487 e. The van der Waals surface area contributed by atoms with Gasteiger partial charge in [-0.1, -0.05) is 6.07 Å². The van der Waals surface area contributed by atoms with Crippen LogP contribution >= 0.6 is 0 Å². The van der Waals surface area contributed by atoms with E-state index in [1.54, 1.807) is 6.33 Å². The molecule has 0 unspecified atom stereocenters. The van der Waals surface area contributed by atoms with Crippen LogP contribution in [-0.2, 0) is 9.47 Å². The van der Waals surface area contributed by atoms with Gasteiger partial charge in [-0.15, -0.1) is 0 Å². The highest BCUT2D eigenvalue weighted by molar-refractivity contribution is 5.96. The van der Waals surface area contributed by atoms with E-state index in [9.17, 15) is 0 Å². The summed E-state index contributed by atoms with van der Waals surface area (Å²) in [5.41, 5.74) is 3.95. The normalized spacial score (nSPS) is 14.5. The number of hydrogen-bond donors (Lipinski definition) is 4. The van der Waals surface area contributed by atoms with Crippen LogP contribution in [0, 0.1) is 0 Å². The molecule has 4 heterocycles. The van der Waals surface area contributed by atoms with Crippen molar-refractivity contribution >= 4 is 45.2 Å². The molecule has 178 valence electrons. The zero-order valence-corrected chi connectivity index (χ0v) is 18.7. The molecular formula is C24H23N7O4.